The van der Waals surface area contributed by atoms with Gasteiger partial charge < -0.3 is 14.5 Å². The van der Waals surface area contributed by atoms with Crippen LogP contribution in [0, 0.1) is 0 Å². The van der Waals surface area contributed by atoms with Crippen LogP contribution in [0.4, 0.5) is 8.78 Å². The van der Waals surface area contributed by atoms with Crippen LogP contribution in [-0.4, -0.2) is 24.7 Å². The van der Waals surface area contributed by atoms with Crippen molar-refractivity contribution >= 4 is 5.97 Å². The summed E-state index contributed by atoms with van der Waals surface area (Å²) in [5.41, 5.74) is -1.86. The molecule has 1 rings (SSSR count). The highest BCUT2D eigenvalue weighted by atomic mass is 19.3. The third-order valence-electron chi connectivity index (χ3n) is 1.93. The number of ether oxygens (including phenoxy) is 2. The van der Waals surface area contributed by atoms with Crippen LogP contribution in [0.15, 0.2) is 10.9 Å². The van der Waals surface area contributed by atoms with Crippen molar-refractivity contribution in [2.75, 3.05) is 13.7 Å². The number of aromatic nitrogens is 1. The number of halogens is 2. The largest absolute Gasteiger partial charge is 0.491 e. The van der Waals surface area contributed by atoms with Crippen molar-refractivity contribution in [1.29, 1.82) is 0 Å². The highest BCUT2D eigenvalue weighted by Gasteiger charge is 2.21. The van der Waals surface area contributed by atoms with E-state index in [-0.39, 0.29) is 12.3 Å². The number of esters is 1. The van der Waals surface area contributed by atoms with Gasteiger partial charge in [0.2, 0.25) is 5.43 Å². The Morgan fingerprint density at radius 3 is 2.65 bits per heavy atom. The maximum absolute atomic E-state index is 12.6. The van der Waals surface area contributed by atoms with Crippen molar-refractivity contribution < 1.29 is 23.0 Å². The highest BCUT2D eigenvalue weighted by molar-refractivity contribution is 5.87. The van der Waals surface area contributed by atoms with Crippen LogP contribution in [0.2, 0.25) is 0 Å². The molecule has 1 N–H and O–H groups in total. The fraction of sp³-hybridized carbons (Fsp3) is 0.400. The Morgan fingerprint density at radius 1 is 1.53 bits per heavy atom. The van der Waals surface area contributed by atoms with E-state index in [1.54, 1.807) is 6.92 Å². The maximum atomic E-state index is 12.6. The maximum Gasteiger partial charge on any atom is 0.354 e. The summed E-state index contributed by atoms with van der Waals surface area (Å²) in [6.45, 7) is 1.64. The van der Waals surface area contributed by atoms with Gasteiger partial charge in [-0.1, -0.05) is 0 Å². The summed E-state index contributed by atoms with van der Waals surface area (Å²) in [5.74, 6) is -1.37. The molecule has 94 valence electrons. The van der Waals surface area contributed by atoms with Gasteiger partial charge in [0, 0.05) is 6.07 Å². The summed E-state index contributed by atoms with van der Waals surface area (Å²) in [7, 11) is 1.10. The fourth-order valence-electron chi connectivity index (χ4n) is 1.25. The van der Waals surface area contributed by atoms with E-state index >= 15 is 0 Å². The molecule has 1 aromatic rings. The number of pyridine rings is 1. The van der Waals surface area contributed by atoms with Gasteiger partial charge in [-0.25, -0.2) is 13.6 Å². The summed E-state index contributed by atoms with van der Waals surface area (Å²) in [6, 6.07) is 0.864. The molecule has 0 amide bonds. The second-order valence-electron chi connectivity index (χ2n) is 3.02. The van der Waals surface area contributed by atoms with E-state index in [9.17, 15) is 18.4 Å². The Hall–Kier alpha value is -1.92. The summed E-state index contributed by atoms with van der Waals surface area (Å²) in [5, 5.41) is 0. The van der Waals surface area contributed by atoms with Crippen LogP contribution >= 0.6 is 0 Å². The molecule has 0 spiro atoms. The Kier molecular flexibility index (Phi) is 4.19. The molecule has 7 heteroatoms. The average Bonchev–Trinajstić information content (AvgIpc) is 2.28. The van der Waals surface area contributed by atoms with Gasteiger partial charge in [0.25, 0.3) is 6.43 Å². The predicted molar refractivity (Wildman–Crippen MR) is 54.5 cm³/mol. The summed E-state index contributed by atoms with van der Waals surface area (Å²) in [6.07, 6.45) is -2.95. The molecular formula is C10H11F2NO4. The molecule has 0 aliphatic heterocycles. The van der Waals surface area contributed by atoms with Gasteiger partial charge >= 0.3 is 5.97 Å². The third-order valence-corrected chi connectivity index (χ3v) is 1.93. The highest BCUT2D eigenvalue weighted by Crippen LogP contribution is 2.23. The molecule has 0 saturated heterocycles. The van der Waals surface area contributed by atoms with Crippen LogP contribution in [0.25, 0.3) is 0 Å². The van der Waals surface area contributed by atoms with Crippen molar-refractivity contribution in [2.24, 2.45) is 0 Å². The first-order chi connectivity index (χ1) is 8.01. The minimum atomic E-state index is -2.95. The number of methoxy groups -OCH3 is 1. The van der Waals surface area contributed by atoms with E-state index in [4.69, 9.17) is 0 Å². The van der Waals surface area contributed by atoms with Crippen molar-refractivity contribution in [3.8, 4) is 5.75 Å². The molecule has 0 aromatic carbocycles. The molecule has 0 saturated carbocycles. The standard InChI is InChI=1S/C10H11F2NO4/c1-3-17-10(15)5-4-6(14)8(16-2)7(13-5)9(11)12/h4,9H,3H2,1-2H3,(H,13,14). The molecular weight excluding hydrogens is 236 g/mol. The lowest BCUT2D eigenvalue weighted by Gasteiger charge is -2.09. The van der Waals surface area contributed by atoms with Crippen molar-refractivity contribution in [3.05, 3.63) is 27.7 Å². The molecule has 0 aliphatic carbocycles. The van der Waals surface area contributed by atoms with Gasteiger partial charge in [0.1, 0.15) is 11.4 Å². The summed E-state index contributed by atoms with van der Waals surface area (Å²) < 4.78 is 34.4. The molecule has 1 aromatic heterocycles. The van der Waals surface area contributed by atoms with Crippen LogP contribution < -0.4 is 10.2 Å². The minimum Gasteiger partial charge on any atom is -0.491 e. The van der Waals surface area contributed by atoms with Gasteiger partial charge in [-0.3, -0.25) is 4.79 Å². The molecule has 0 radical (unpaired) electrons. The zero-order chi connectivity index (χ0) is 13.0. The number of hydrogen-bond acceptors (Lipinski definition) is 4. The van der Waals surface area contributed by atoms with Crippen LogP contribution in [-0.2, 0) is 4.74 Å². The molecule has 1 heterocycles. The SMILES string of the molecule is CCOC(=O)c1cc(=O)c(OC)c(C(F)F)[nH]1. The van der Waals surface area contributed by atoms with Gasteiger partial charge in [-0.2, -0.15) is 0 Å². The number of carbonyl (C=O) groups excluding carboxylic acids is 1. The fourth-order valence-corrected chi connectivity index (χ4v) is 1.25. The third kappa shape index (κ3) is 2.80. The Morgan fingerprint density at radius 2 is 2.18 bits per heavy atom. The number of aromatic amines is 1. The summed E-state index contributed by atoms with van der Waals surface area (Å²) >= 11 is 0. The van der Waals surface area contributed by atoms with Crippen LogP contribution in [0.3, 0.4) is 0 Å². The van der Waals surface area contributed by atoms with Crippen LogP contribution in [0.5, 0.6) is 5.75 Å². The first-order valence-corrected chi connectivity index (χ1v) is 4.77. The number of alkyl halides is 2. The van der Waals surface area contributed by atoms with E-state index in [0.717, 1.165) is 13.2 Å². The zero-order valence-corrected chi connectivity index (χ0v) is 9.25. The topological polar surface area (TPSA) is 68.4 Å². The molecule has 0 atom stereocenters. The number of carbonyl (C=O) groups is 1. The molecule has 0 unspecified atom stereocenters. The van der Waals surface area contributed by atoms with Crippen molar-refractivity contribution in [3.63, 3.8) is 0 Å². The normalized spacial score (nSPS) is 10.4. The van der Waals surface area contributed by atoms with Crippen LogP contribution in [0.1, 0.15) is 29.5 Å². The number of nitrogens with one attached hydrogen (secondary N) is 1. The van der Waals surface area contributed by atoms with Gasteiger partial charge in [0.15, 0.2) is 5.75 Å². The smallest absolute Gasteiger partial charge is 0.354 e. The van der Waals surface area contributed by atoms with E-state index in [1.807, 2.05) is 0 Å². The second-order valence-corrected chi connectivity index (χ2v) is 3.02. The van der Waals surface area contributed by atoms with E-state index in [0.29, 0.717) is 0 Å². The number of hydrogen-bond donors (Lipinski definition) is 1. The van der Waals surface area contributed by atoms with Gasteiger partial charge in [-0.05, 0) is 6.92 Å². The Labute approximate surface area is 95.4 Å². The van der Waals surface area contributed by atoms with E-state index in [1.165, 1.54) is 0 Å². The Bertz CT molecular complexity index is 470. The first kappa shape index (κ1) is 13.1. The quantitative estimate of drug-likeness (QED) is 0.818. The molecule has 0 aliphatic rings. The average molecular weight is 247 g/mol. The minimum absolute atomic E-state index is 0.0803. The van der Waals surface area contributed by atoms with Gasteiger partial charge in [-0.15, -0.1) is 0 Å². The van der Waals surface area contributed by atoms with Crippen molar-refractivity contribution in [2.45, 2.75) is 13.3 Å². The van der Waals surface area contributed by atoms with E-state index < -0.39 is 29.3 Å². The molecule has 0 fully saturated rings. The predicted octanol–water partition coefficient (Wildman–Crippen LogP) is 1.50. The first-order valence-electron chi connectivity index (χ1n) is 4.77. The lowest BCUT2D eigenvalue weighted by Crippen LogP contribution is -2.17. The molecule has 5 nitrogen and oxygen atoms in total. The lowest BCUT2D eigenvalue weighted by atomic mass is 10.2. The molecule has 0 bridgehead atoms. The number of rotatable bonds is 4. The second kappa shape index (κ2) is 5.42. The molecule has 17 heavy (non-hydrogen) atoms. The van der Waals surface area contributed by atoms with Gasteiger partial charge in [0.05, 0.1) is 13.7 Å². The van der Waals surface area contributed by atoms with Crippen molar-refractivity contribution in [1.82, 2.24) is 4.98 Å². The number of H-pyrrole nitrogens is 1. The monoisotopic (exact) mass is 247 g/mol. The van der Waals surface area contributed by atoms with E-state index in [2.05, 4.69) is 14.5 Å². The zero-order valence-electron chi connectivity index (χ0n) is 9.25. The lowest BCUT2D eigenvalue weighted by molar-refractivity contribution is 0.0517. The summed E-state index contributed by atoms with van der Waals surface area (Å²) in [4.78, 5) is 24.9. The Balaban J connectivity index is 3.29.